The van der Waals surface area contributed by atoms with Crippen molar-refractivity contribution in [3.63, 3.8) is 0 Å². The van der Waals surface area contributed by atoms with E-state index >= 15 is 0 Å². The van der Waals surface area contributed by atoms with Gasteiger partial charge in [0.15, 0.2) is 0 Å². The van der Waals surface area contributed by atoms with Crippen molar-refractivity contribution in [2.45, 2.75) is 44.9 Å². The van der Waals surface area contributed by atoms with E-state index in [-0.39, 0.29) is 42.7 Å². The van der Waals surface area contributed by atoms with Crippen molar-refractivity contribution < 1.29 is 9.90 Å². The Morgan fingerprint density at radius 3 is 2.35 bits per heavy atom. The summed E-state index contributed by atoms with van der Waals surface area (Å²) in [5, 5.41) is 15.7. The summed E-state index contributed by atoms with van der Waals surface area (Å²) in [4.78, 5) is 14.2. The summed E-state index contributed by atoms with van der Waals surface area (Å²) in [6.45, 7) is 6.85. The summed E-state index contributed by atoms with van der Waals surface area (Å²) >= 11 is 0. The van der Waals surface area contributed by atoms with Gasteiger partial charge >= 0.3 is 0 Å². The van der Waals surface area contributed by atoms with Gasteiger partial charge < -0.3 is 15.7 Å². The first-order chi connectivity index (χ1) is 8.58. The SMILES string of the molecule is CC1CCC(C)N1CC(=O)NCC1CNCC1O.Cl.Cl. The molecular weight excluding hydrogens is 301 g/mol. The largest absolute Gasteiger partial charge is 0.391 e. The molecule has 120 valence electrons. The third-order valence-corrected chi connectivity index (χ3v) is 4.33. The van der Waals surface area contributed by atoms with Crippen LogP contribution in [0.25, 0.3) is 0 Å². The fraction of sp³-hybridized carbons (Fsp3) is 0.923. The number of hydrogen-bond donors (Lipinski definition) is 3. The first kappa shape index (κ1) is 19.9. The molecule has 0 aromatic heterocycles. The maximum Gasteiger partial charge on any atom is 0.234 e. The van der Waals surface area contributed by atoms with E-state index in [9.17, 15) is 9.90 Å². The number of β-amino-alcohol motifs (C(OH)–C–C–N with tert-alkyl or cyclic N) is 1. The third kappa shape index (κ3) is 5.04. The molecule has 7 heteroatoms. The van der Waals surface area contributed by atoms with Crippen LogP contribution >= 0.6 is 24.8 Å². The molecular formula is C13H27Cl2N3O2. The molecule has 0 aromatic carbocycles. The first-order valence-electron chi connectivity index (χ1n) is 6.99. The number of likely N-dealkylation sites (tertiary alicyclic amines) is 1. The van der Waals surface area contributed by atoms with Crippen LogP contribution in [-0.2, 0) is 4.79 Å². The summed E-state index contributed by atoms with van der Waals surface area (Å²) in [7, 11) is 0. The summed E-state index contributed by atoms with van der Waals surface area (Å²) in [6.07, 6.45) is 2.04. The van der Waals surface area contributed by atoms with Gasteiger partial charge in [0, 0.05) is 37.6 Å². The minimum absolute atomic E-state index is 0. The van der Waals surface area contributed by atoms with Crippen molar-refractivity contribution in [3.8, 4) is 0 Å². The van der Waals surface area contributed by atoms with Gasteiger partial charge in [0.1, 0.15) is 0 Å². The predicted molar refractivity (Wildman–Crippen MR) is 84.7 cm³/mol. The molecule has 0 aromatic rings. The van der Waals surface area contributed by atoms with Crippen LogP contribution in [0.3, 0.4) is 0 Å². The standard InChI is InChI=1S/C13H25N3O2.2ClH/c1-9-3-4-10(2)16(9)8-13(18)15-6-11-5-14-7-12(11)17;;/h9-12,14,17H,3-8H2,1-2H3,(H,15,18);2*1H. The number of nitrogens with zero attached hydrogens (tertiary/aromatic N) is 1. The number of aliphatic hydroxyl groups excluding tert-OH is 1. The maximum atomic E-state index is 11.9. The zero-order valence-electron chi connectivity index (χ0n) is 12.2. The smallest absolute Gasteiger partial charge is 0.234 e. The molecule has 2 saturated heterocycles. The lowest BCUT2D eigenvalue weighted by atomic mass is 10.1. The molecule has 2 heterocycles. The molecule has 0 saturated carbocycles. The highest BCUT2D eigenvalue weighted by molar-refractivity contribution is 5.85. The summed E-state index contributed by atoms with van der Waals surface area (Å²) in [5.74, 6) is 0.233. The Morgan fingerprint density at radius 1 is 1.25 bits per heavy atom. The molecule has 0 spiro atoms. The molecule has 0 aliphatic carbocycles. The van der Waals surface area contributed by atoms with Crippen molar-refractivity contribution >= 4 is 30.7 Å². The van der Waals surface area contributed by atoms with Gasteiger partial charge in [0.25, 0.3) is 0 Å². The Labute approximate surface area is 133 Å². The Hall–Kier alpha value is -0.0700. The van der Waals surface area contributed by atoms with Gasteiger partial charge in [-0.25, -0.2) is 0 Å². The fourth-order valence-corrected chi connectivity index (χ4v) is 2.95. The first-order valence-corrected chi connectivity index (χ1v) is 6.99. The lowest BCUT2D eigenvalue weighted by Crippen LogP contribution is -2.44. The average molecular weight is 328 g/mol. The molecule has 2 aliphatic rings. The van der Waals surface area contributed by atoms with Gasteiger partial charge in [0.2, 0.25) is 5.91 Å². The Morgan fingerprint density at radius 2 is 1.85 bits per heavy atom. The van der Waals surface area contributed by atoms with E-state index in [2.05, 4.69) is 29.4 Å². The van der Waals surface area contributed by atoms with Crippen molar-refractivity contribution in [1.29, 1.82) is 0 Å². The molecule has 20 heavy (non-hydrogen) atoms. The number of amides is 1. The van der Waals surface area contributed by atoms with Crippen LogP contribution in [-0.4, -0.2) is 60.3 Å². The maximum absolute atomic E-state index is 11.9. The van der Waals surface area contributed by atoms with Gasteiger partial charge in [-0.15, -0.1) is 24.8 Å². The molecule has 2 fully saturated rings. The molecule has 1 amide bonds. The fourth-order valence-electron chi connectivity index (χ4n) is 2.95. The van der Waals surface area contributed by atoms with E-state index in [0.29, 0.717) is 31.7 Å². The molecule has 0 radical (unpaired) electrons. The number of halogens is 2. The van der Waals surface area contributed by atoms with Gasteiger partial charge in [0.05, 0.1) is 12.6 Å². The summed E-state index contributed by atoms with van der Waals surface area (Å²) in [6, 6.07) is 1.01. The molecule has 2 aliphatic heterocycles. The van der Waals surface area contributed by atoms with Crippen molar-refractivity contribution in [3.05, 3.63) is 0 Å². The molecule has 4 unspecified atom stereocenters. The van der Waals surface area contributed by atoms with Crippen LogP contribution in [0.1, 0.15) is 26.7 Å². The number of aliphatic hydroxyl groups is 1. The quantitative estimate of drug-likeness (QED) is 0.699. The highest BCUT2D eigenvalue weighted by Crippen LogP contribution is 2.22. The topological polar surface area (TPSA) is 64.6 Å². The number of rotatable bonds is 4. The van der Waals surface area contributed by atoms with Gasteiger partial charge in [-0.3, -0.25) is 9.69 Å². The van der Waals surface area contributed by atoms with E-state index < -0.39 is 0 Å². The normalized spacial score (nSPS) is 33.4. The number of carbonyl (C=O) groups excluding carboxylic acids is 1. The van der Waals surface area contributed by atoms with Crippen LogP contribution in [0, 0.1) is 5.92 Å². The Balaban J connectivity index is 0.00000180. The predicted octanol–water partition coefficient (Wildman–Crippen LogP) is 0.399. The van der Waals surface area contributed by atoms with Gasteiger partial charge in [-0.05, 0) is 26.7 Å². The zero-order chi connectivity index (χ0) is 13.1. The number of hydrogen-bond acceptors (Lipinski definition) is 4. The molecule has 3 N–H and O–H groups in total. The third-order valence-electron chi connectivity index (χ3n) is 4.33. The van der Waals surface area contributed by atoms with Crippen LogP contribution < -0.4 is 10.6 Å². The van der Waals surface area contributed by atoms with E-state index in [1.807, 2.05) is 0 Å². The van der Waals surface area contributed by atoms with Crippen molar-refractivity contribution in [2.24, 2.45) is 5.92 Å². The summed E-state index contributed by atoms with van der Waals surface area (Å²) in [5.41, 5.74) is 0. The minimum atomic E-state index is -0.324. The zero-order valence-corrected chi connectivity index (χ0v) is 13.8. The molecule has 5 nitrogen and oxygen atoms in total. The molecule has 0 bridgehead atoms. The Bertz CT molecular complexity index is 297. The minimum Gasteiger partial charge on any atom is -0.391 e. The lowest BCUT2D eigenvalue weighted by Gasteiger charge is -2.25. The number of nitrogens with one attached hydrogen (secondary N) is 2. The van der Waals surface area contributed by atoms with Crippen LogP contribution in [0.4, 0.5) is 0 Å². The summed E-state index contributed by atoms with van der Waals surface area (Å²) < 4.78 is 0. The van der Waals surface area contributed by atoms with E-state index in [1.165, 1.54) is 12.8 Å². The van der Waals surface area contributed by atoms with Gasteiger partial charge in [-0.2, -0.15) is 0 Å². The highest BCUT2D eigenvalue weighted by atomic mass is 35.5. The van der Waals surface area contributed by atoms with Crippen LogP contribution in [0.2, 0.25) is 0 Å². The second-order valence-corrected chi connectivity index (χ2v) is 5.74. The average Bonchev–Trinajstić information content (AvgIpc) is 2.87. The molecule has 2 rings (SSSR count). The highest BCUT2D eigenvalue weighted by Gasteiger charge is 2.29. The van der Waals surface area contributed by atoms with E-state index in [4.69, 9.17) is 0 Å². The van der Waals surface area contributed by atoms with Crippen molar-refractivity contribution in [2.75, 3.05) is 26.2 Å². The van der Waals surface area contributed by atoms with E-state index in [0.717, 1.165) is 6.54 Å². The second kappa shape index (κ2) is 9.05. The van der Waals surface area contributed by atoms with Crippen LogP contribution in [0.15, 0.2) is 0 Å². The second-order valence-electron chi connectivity index (χ2n) is 5.74. The molecule has 4 atom stereocenters. The monoisotopic (exact) mass is 327 g/mol. The van der Waals surface area contributed by atoms with Gasteiger partial charge in [-0.1, -0.05) is 0 Å². The van der Waals surface area contributed by atoms with Crippen molar-refractivity contribution in [1.82, 2.24) is 15.5 Å². The van der Waals surface area contributed by atoms with Crippen LogP contribution in [0.5, 0.6) is 0 Å². The number of carbonyl (C=O) groups is 1. The van der Waals surface area contributed by atoms with E-state index in [1.54, 1.807) is 0 Å². The Kier molecular flexibility index (Phi) is 9.02. The lowest BCUT2D eigenvalue weighted by molar-refractivity contribution is -0.123.